The molecule has 0 aromatic carbocycles. The maximum atomic E-state index is 12.7. The molecule has 0 saturated heterocycles. The van der Waals surface area contributed by atoms with Crippen molar-refractivity contribution in [1.82, 2.24) is 5.32 Å². The molecule has 0 heterocycles. The Morgan fingerprint density at radius 2 is 1.80 bits per heavy atom. The number of aliphatic hydroxyl groups is 1. The van der Waals surface area contributed by atoms with Gasteiger partial charge in [-0.1, -0.05) is 0 Å². The molecule has 7 nitrogen and oxygen atoms in total. The number of hydrogen-bond donors (Lipinski definition) is 4. The van der Waals surface area contributed by atoms with E-state index in [9.17, 15) is 24.2 Å². The van der Waals surface area contributed by atoms with E-state index < -0.39 is 40.0 Å². The van der Waals surface area contributed by atoms with E-state index in [-0.39, 0.29) is 47.1 Å². The van der Waals surface area contributed by atoms with Crippen molar-refractivity contribution in [3.8, 4) is 0 Å². The van der Waals surface area contributed by atoms with E-state index in [1.807, 2.05) is 27.7 Å². The van der Waals surface area contributed by atoms with Crippen molar-refractivity contribution in [3.63, 3.8) is 0 Å². The van der Waals surface area contributed by atoms with Crippen LogP contribution in [0.15, 0.2) is 0 Å². The molecular weight excluding hydrogens is 466 g/mol. The third-order valence-electron chi connectivity index (χ3n) is 6.08. The third-order valence-corrected chi connectivity index (χ3v) is 12.1. The normalized spacial score (nSPS) is 21.9. The molecule has 0 bridgehead atoms. The number of carbonyl (C=O) groups excluding carboxylic acids is 2. The van der Waals surface area contributed by atoms with Crippen LogP contribution in [0.2, 0.25) is 4.71 Å². The van der Waals surface area contributed by atoms with Crippen LogP contribution in [0.3, 0.4) is 0 Å². The SMILES string of the molecule is CCC(C)C(N)C(=O)[AsH]C(C(=O)NCC(O)CP(=O)(O)CC1CCCCC1)C(C)C. The number of aliphatic hydroxyl groups excluding tert-OH is 1. The molecule has 1 aliphatic carbocycles. The fourth-order valence-electron chi connectivity index (χ4n) is 3.87. The predicted octanol–water partition coefficient (Wildman–Crippen LogP) is 2.10. The molecule has 30 heavy (non-hydrogen) atoms. The molecule has 9 heteroatoms. The fourth-order valence-corrected chi connectivity index (χ4v) is 8.81. The molecule has 0 aromatic rings. The summed E-state index contributed by atoms with van der Waals surface area (Å²) in [4.78, 5) is 35.4. The van der Waals surface area contributed by atoms with Gasteiger partial charge in [0, 0.05) is 0 Å². The van der Waals surface area contributed by atoms with Crippen LogP contribution in [-0.2, 0) is 14.2 Å². The number of amides is 1. The molecule has 176 valence electrons. The minimum atomic E-state index is -3.43. The summed E-state index contributed by atoms with van der Waals surface area (Å²) >= 11 is -1.26. The molecule has 1 saturated carbocycles. The molecule has 1 amide bonds. The van der Waals surface area contributed by atoms with Crippen LogP contribution in [0.1, 0.15) is 66.2 Å². The van der Waals surface area contributed by atoms with Crippen molar-refractivity contribution in [3.05, 3.63) is 0 Å². The topological polar surface area (TPSA) is 130 Å². The molecule has 6 atom stereocenters. The second kappa shape index (κ2) is 13.4. The van der Waals surface area contributed by atoms with Gasteiger partial charge >= 0.3 is 188 Å². The Labute approximate surface area is 188 Å². The zero-order chi connectivity index (χ0) is 22.9. The Hall–Kier alpha value is -0.192. The van der Waals surface area contributed by atoms with E-state index >= 15 is 0 Å². The van der Waals surface area contributed by atoms with Crippen LogP contribution in [0.25, 0.3) is 0 Å². The van der Waals surface area contributed by atoms with Crippen LogP contribution in [0.5, 0.6) is 0 Å². The van der Waals surface area contributed by atoms with Crippen molar-refractivity contribution in [2.45, 2.75) is 83.1 Å². The monoisotopic (exact) mass is 508 g/mol. The van der Waals surface area contributed by atoms with E-state index in [4.69, 9.17) is 5.73 Å². The van der Waals surface area contributed by atoms with Crippen LogP contribution in [-0.4, -0.2) is 67.2 Å². The van der Waals surface area contributed by atoms with E-state index in [1.165, 1.54) is 6.42 Å². The van der Waals surface area contributed by atoms with Gasteiger partial charge in [0.2, 0.25) is 0 Å². The van der Waals surface area contributed by atoms with Gasteiger partial charge in [-0.2, -0.15) is 0 Å². The summed E-state index contributed by atoms with van der Waals surface area (Å²) in [5.41, 5.74) is 6.04. The van der Waals surface area contributed by atoms with Gasteiger partial charge in [-0.05, 0) is 0 Å². The molecule has 1 fully saturated rings. The predicted molar refractivity (Wildman–Crippen MR) is 123 cm³/mol. The van der Waals surface area contributed by atoms with Crippen LogP contribution < -0.4 is 11.1 Å². The Kier molecular flexibility index (Phi) is 12.4. The fraction of sp³-hybridized carbons (Fsp3) is 0.905. The number of rotatable bonds is 13. The number of nitrogens with two attached hydrogens (primary N) is 1. The van der Waals surface area contributed by atoms with Gasteiger partial charge in [0.25, 0.3) is 0 Å². The summed E-state index contributed by atoms with van der Waals surface area (Å²) in [6.45, 7) is 7.65. The molecule has 0 aromatic heterocycles. The zero-order valence-electron chi connectivity index (χ0n) is 19.0. The molecule has 5 N–H and O–H groups in total. The first-order valence-electron chi connectivity index (χ1n) is 11.3. The first-order chi connectivity index (χ1) is 14.0. The molecule has 0 spiro atoms. The molecule has 0 aliphatic heterocycles. The molecule has 6 unspecified atom stereocenters. The van der Waals surface area contributed by atoms with Gasteiger partial charge in [-0.15, -0.1) is 0 Å². The van der Waals surface area contributed by atoms with Crippen molar-refractivity contribution in [1.29, 1.82) is 0 Å². The van der Waals surface area contributed by atoms with Crippen molar-refractivity contribution >= 4 is 33.6 Å². The second-order valence-corrected chi connectivity index (χ2v) is 14.6. The average molecular weight is 508 g/mol. The van der Waals surface area contributed by atoms with Crippen LogP contribution >= 0.6 is 7.37 Å². The standard InChI is InChI=1S/C21H42AsN2O5P/c1-5-15(4)19(23)20(26)22-18(14(2)3)21(27)24-11-17(25)13-30(28,29)12-16-9-7-6-8-10-16/h14-19,22,25H,5-13,23H2,1-4H3,(H,24,27)(H,28,29). The average Bonchev–Trinajstić information content (AvgIpc) is 2.68. The number of nitrogens with one attached hydrogen (secondary N) is 1. The zero-order valence-corrected chi connectivity index (χ0v) is 22.0. The van der Waals surface area contributed by atoms with Gasteiger partial charge in [0.1, 0.15) is 0 Å². The molecular formula is C21H42AsN2O5P. The van der Waals surface area contributed by atoms with Gasteiger partial charge in [0.05, 0.1) is 0 Å². The molecule has 1 rings (SSSR count). The summed E-state index contributed by atoms with van der Waals surface area (Å²) in [5.74, 6) is 0.0638. The van der Waals surface area contributed by atoms with Crippen molar-refractivity contribution in [2.24, 2.45) is 23.5 Å². The van der Waals surface area contributed by atoms with Crippen molar-refractivity contribution < 1.29 is 24.2 Å². The third kappa shape index (κ3) is 9.95. The maximum absolute atomic E-state index is 12.7. The van der Waals surface area contributed by atoms with Gasteiger partial charge in [-0.3, -0.25) is 0 Å². The summed E-state index contributed by atoms with van der Waals surface area (Å²) < 4.78 is 12.1. The Morgan fingerprint density at radius 3 is 2.33 bits per heavy atom. The summed E-state index contributed by atoms with van der Waals surface area (Å²) in [5, 5.41) is 12.9. The summed E-state index contributed by atoms with van der Waals surface area (Å²) in [6, 6.07) is -0.533. The first kappa shape index (κ1) is 27.8. The first-order valence-corrected chi connectivity index (χ1v) is 15.6. The number of hydrogen-bond acceptors (Lipinski definition) is 5. The van der Waals surface area contributed by atoms with Crippen LogP contribution in [0.4, 0.5) is 0 Å². The van der Waals surface area contributed by atoms with Gasteiger partial charge < -0.3 is 0 Å². The Balaban J connectivity index is 2.53. The second-order valence-electron chi connectivity index (χ2n) is 9.26. The van der Waals surface area contributed by atoms with E-state index in [0.717, 1.165) is 32.1 Å². The Bertz CT molecular complexity index is 598. The molecule has 1 aliphatic rings. The quantitative estimate of drug-likeness (QED) is 0.223. The number of carbonyl (C=O) groups is 2. The van der Waals surface area contributed by atoms with Crippen molar-refractivity contribution in [2.75, 3.05) is 18.9 Å². The summed E-state index contributed by atoms with van der Waals surface area (Å²) in [6.07, 6.45) is 5.13. The molecule has 0 radical (unpaired) electrons. The van der Waals surface area contributed by atoms with Gasteiger partial charge in [0.15, 0.2) is 0 Å². The summed E-state index contributed by atoms with van der Waals surface area (Å²) in [7, 11) is -3.43. The van der Waals surface area contributed by atoms with Crippen LogP contribution in [0, 0.1) is 17.8 Å². The van der Waals surface area contributed by atoms with E-state index in [0.29, 0.717) is 0 Å². The van der Waals surface area contributed by atoms with E-state index in [1.54, 1.807) is 0 Å². The Morgan fingerprint density at radius 1 is 1.20 bits per heavy atom. The minimum absolute atomic E-state index is 0.00825. The van der Waals surface area contributed by atoms with Gasteiger partial charge in [-0.25, -0.2) is 0 Å². The van der Waals surface area contributed by atoms with E-state index in [2.05, 4.69) is 5.32 Å².